The summed E-state index contributed by atoms with van der Waals surface area (Å²) in [4.78, 5) is 31.6. The molecule has 1 aliphatic rings. The van der Waals surface area contributed by atoms with Crippen molar-refractivity contribution < 1.29 is 14.3 Å². The van der Waals surface area contributed by atoms with Crippen LogP contribution in [-0.4, -0.2) is 59.1 Å². The third kappa shape index (κ3) is 3.96. The first kappa shape index (κ1) is 15.3. The van der Waals surface area contributed by atoms with Crippen LogP contribution in [0, 0.1) is 0 Å². The third-order valence-electron chi connectivity index (χ3n) is 3.56. The first-order chi connectivity index (χ1) is 10.1. The van der Waals surface area contributed by atoms with Crippen LogP contribution in [-0.2, 0) is 21.4 Å². The molecule has 0 aromatic carbocycles. The number of esters is 1. The Morgan fingerprint density at radius 2 is 1.95 bits per heavy atom. The summed E-state index contributed by atoms with van der Waals surface area (Å²) in [6.45, 7) is 4.96. The number of anilines is 1. The van der Waals surface area contributed by atoms with Crippen LogP contribution in [0.2, 0.25) is 0 Å². The summed E-state index contributed by atoms with van der Waals surface area (Å²) in [6.07, 6.45) is 4.06. The highest BCUT2D eigenvalue weighted by Crippen LogP contribution is 2.13. The molecule has 0 radical (unpaired) electrons. The van der Waals surface area contributed by atoms with E-state index in [4.69, 9.17) is 4.74 Å². The predicted octanol–water partition coefficient (Wildman–Crippen LogP) is 0.412. The number of piperazine rings is 1. The summed E-state index contributed by atoms with van der Waals surface area (Å²) in [7, 11) is 1.96. The van der Waals surface area contributed by atoms with Gasteiger partial charge in [-0.05, 0) is 6.92 Å². The number of amides is 1. The van der Waals surface area contributed by atoms with E-state index in [1.54, 1.807) is 18.0 Å². The lowest BCUT2D eigenvalue weighted by Crippen LogP contribution is -2.49. The molecule has 2 heterocycles. The van der Waals surface area contributed by atoms with Gasteiger partial charge in [-0.1, -0.05) is 0 Å². The van der Waals surface area contributed by atoms with Gasteiger partial charge in [-0.25, -0.2) is 4.98 Å². The van der Waals surface area contributed by atoms with E-state index in [0.29, 0.717) is 19.7 Å². The molecule has 0 bridgehead atoms. The largest absolute Gasteiger partial charge is 0.466 e. The average Bonchev–Trinajstić information content (AvgIpc) is 2.91. The Bertz CT molecular complexity index is 492. The molecule has 21 heavy (non-hydrogen) atoms. The van der Waals surface area contributed by atoms with E-state index in [1.165, 1.54) is 0 Å². The van der Waals surface area contributed by atoms with Gasteiger partial charge < -0.3 is 19.1 Å². The monoisotopic (exact) mass is 294 g/mol. The number of hydrogen-bond acceptors (Lipinski definition) is 5. The van der Waals surface area contributed by atoms with E-state index in [-0.39, 0.29) is 24.7 Å². The summed E-state index contributed by atoms with van der Waals surface area (Å²) in [5.41, 5.74) is 0. The second-order valence-corrected chi connectivity index (χ2v) is 5.01. The maximum absolute atomic E-state index is 12.0. The van der Waals surface area contributed by atoms with Crippen molar-refractivity contribution in [3.8, 4) is 0 Å². The Kier molecular flexibility index (Phi) is 5.19. The van der Waals surface area contributed by atoms with Crippen molar-refractivity contribution in [3.63, 3.8) is 0 Å². The number of rotatable bonds is 5. The van der Waals surface area contributed by atoms with E-state index in [1.807, 2.05) is 17.8 Å². The van der Waals surface area contributed by atoms with Gasteiger partial charge in [0.25, 0.3) is 0 Å². The number of hydrogen-bond donors (Lipinski definition) is 0. The van der Waals surface area contributed by atoms with Crippen molar-refractivity contribution >= 4 is 17.8 Å². The summed E-state index contributed by atoms with van der Waals surface area (Å²) in [5.74, 6) is 0.633. The number of ether oxygens (including phenoxy) is 1. The van der Waals surface area contributed by atoms with Gasteiger partial charge in [0.05, 0.1) is 13.0 Å². The Morgan fingerprint density at radius 1 is 1.24 bits per heavy atom. The van der Waals surface area contributed by atoms with Crippen LogP contribution in [0.15, 0.2) is 12.4 Å². The van der Waals surface area contributed by atoms with Crippen LogP contribution in [0.25, 0.3) is 0 Å². The topological polar surface area (TPSA) is 67.7 Å². The van der Waals surface area contributed by atoms with Crippen molar-refractivity contribution in [1.82, 2.24) is 14.5 Å². The van der Waals surface area contributed by atoms with E-state index in [9.17, 15) is 9.59 Å². The first-order valence-corrected chi connectivity index (χ1v) is 7.27. The number of imidazole rings is 1. The number of carbonyl (C=O) groups excluding carboxylic acids is 2. The van der Waals surface area contributed by atoms with Crippen LogP contribution >= 0.6 is 0 Å². The molecule has 0 N–H and O–H groups in total. The highest BCUT2D eigenvalue weighted by molar-refractivity contribution is 5.81. The quantitative estimate of drug-likeness (QED) is 0.736. The minimum atomic E-state index is -0.308. The van der Waals surface area contributed by atoms with Gasteiger partial charge in [-0.2, -0.15) is 0 Å². The van der Waals surface area contributed by atoms with Gasteiger partial charge >= 0.3 is 5.97 Å². The minimum absolute atomic E-state index is 0.0162. The lowest BCUT2D eigenvalue weighted by Gasteiger charge is -2.35. The normalized spacial score (nSPS) is 15.1. The maximum atomic E-state index is 12.0. The Labute approximate surface area is 124 Å². The molecule has 1 aromatic heterocycles. The molecule has 1 aromatic rings. The van der Waals surface area contributed by atoms with Crippen LogP contribution in [0.4, 0.5) is 5.95 Å². The highest BCUT2D eigenvalue weighted by Gasteiger charge is 2.23. The number of aromatic nitrogens is 2. The lowest BCUT2D eigenvalue weighted by atomic mass is 10.2. The predicted molar refractivity (Wildman–Crippen MR) is 77.9 cm³/mol. The van der Waals surface area contributed by atoms with E-state index < -0.39 is 0 Å². The first-order valence-electron chi connectivity index (χ1n) is 7.27. The molecule has 0 unspecified atom stereocenters. The fraction of sp³-hybridized carbons (Fsp3) is 0.643. The van der Waals surface area contributed by atoms with Crippen LogP contribution < -0.4 is 4.90 Å². The average molecular weight is 294 g/mol. The molecule has 0 atom stereocenters. The molecule has 116 valence electrons. The molecule has 0 saturated carbocycles. The zero-order chi connectivity index (χ0) is 15.2. The summed E-state index contributed by atoms with van der Waals surface area (Å²) < 4.78 is 6.80. The smallest absolute Gasteiger partial charge is 0.306 e. The third-order valence-corrected chi connectivity index (χ3v) is 3.56. The summed E-state index contributed by atoms with van der Waals surface area (Å²) in [5, 5.41) is 0. The van der Waals surface area contributed by atoms with Crippen molar-refractivity contribution in [2.75, 3.05) is 37.7 Å². The molecule has 1 amide bonds. The van der Waals surface area contributed by atoms with Gasteiger partial charge in [0.1, 0.15) is 0 Å². The van der Waals surface area contributed by atoms with Gasteiger partial charge in [0, 0.05) is 52.0 Å². The molecule has 7 heteroatoms. The molecule has 7 nitrogen and oxygen atoms in total. The van der Waals surface area contributed by atoms with Crippen LogP contribution in [0.1, 0.15) is 19.8 Å². The lowest BCUT2D eigenvalue weighted by molar-refractivity contribution is -0.145. The minimum Gasteiger partial charge on any atom is -0.466 e. The fourth-order valence-corrected chi connectivity index (χ4v) is 2.42. The maximum Gasteiger partial charge on any atom is 0.306 e. The summed E-state index contributed by atoms with van der Waals surface area (Å²) in [6, 6.07) is 0. The highest BCUT2D eigenvalue weighted by atomic mass is 16.5. The molecular formula is C14H22N4O3. The second-order valence-electron chi connectivity index (χ2n) is 5.01. The molecule has 0 aliphatic carbocycles. The zero-order valence-corrected chi connectivity index (χ0v) is 12.6. The van der Waals surface area contributed by atoms with Gasteiger partial charge in [0.2, 0.25) is 11.9 Å². The molecule has 1 aliphatic heterocycles. The summed E-state index contributed by atoms with van der Waals surface area (Å²) >= 11 is 0. The molecule has 0 spiro atoms. The van der Waals surface area contributed by atoms with E-state index >= 15 is 0 Å². The van der Waals surface area contributed by atoms with Crippen molar-refractivity contribution in [2.45, 2.75) is 19.8 Å². The van der Waals surface area contributed by atoms with Crippen molar-refractivity contribution in [2.24, 2.45) is 7.05 Å². The second kappa shape index (κ2) is 7.10. The molecule has 2 rings (SSSR count). The standard InChI is InChI=1S/C14H22N4O3/c1-3-21-13(20)5-4-12(19)17-8-10-18(11-9-17)14-15-6-7-16(14)2/h6-7H,3-5,8-11H2,1-2H3. The van der Waals surface area contributed by atoms with Gasteiger partial charge in [0.15, 0.2) is 0 Å². The van der Waals surface area contributed by atoms with E-state index in [0.717, 1.165) is 19.0 Å². The van der Waals surface area contributed by atoms with Gasteiger partial charge in [-0.15, -0.1) is 0 Å². The van der Waals surface area contributed by atoms with Crippen molar-refractivity contribution in [3.05, 3.63) is 12.4 Å². The van der Waals surface area contributed by atoms with E-state index in [2.05, 4.69) is 9.88 Å². The van der Waals surface area contributed by atoms with Crippen LogP contribution in [0.3, 0.4) is 0 Å². The molecule has 1 saturated heterocycles. The molecular weight excluding hydrogens is 272 g/mol. The number of aryl methyl sites for hydroxylation is 1. The number of carbonyl (C=O) groups is 2. The Hall–Kier alpha value is -2.05. The fourth-order valence-electron chi connectivity index (χ4n) is 2.42. The molecule has 1 fully saturated rings. The Morgan fingerprint density at radius 3 is 2.52 bits per heavy atom. The zero-order valence-electron chi connectivity index (χ0n) is 12.6. The van der Waals surface area contributed by atoms with Crippen LogP contribution in [0.5, 0.6) is 0 Å². The SMILES string of the molecule is CCOC(=O)CCC(=O)N1CCN(c2nccn2C)CC1. The Balaban J connectivity index is 1.77. The van der Waals surface area contributed by atoms with Crippen molar-refractivity contribution in [1.29, 1.82) is 0 Å². The number of nitrogens with zero attached hydrogens (tertiary/aromatic N) is 4. The van der Waals surface area contributed by atoms with Gasteiger partial charge in [-0.3, -0.25) is 9.59 Å².